The summed E-state index contributed by atoms with van der Waals surface area (Å²) in [5.41, 5.74) is 7.69. The number of benzene rings is 2. The molecule has 0 saturated heterocycles. The number of carbonyl (C=O) groups is 1. The van der Waals surface area contributed by atoms with Crippen LogP contribution in [0.25, 0.3) is 0 Å². The molecule has 2 aromatic carbocycles. The first kappa shape index (κ1) is 13.5. The van der Waals surface area contributed by atoms with Crippen LogP contribution in [0.4, 0.5) is 27.1 Å². The highest BCUT2D eigenvalue weighted by atomic mass is 35.5. The molecule has 1 heterocycles. The first-order chi connectivity index (χ1) is 10.0. The zero-order chi connectivity index (χ0) is 15.0. The standard InChI is InChI=1S/C14H11ClFN3O2/c15-8-2-1-7(16)3-10(8)18-11-5-12-13(4-9(11)17)21-6-14(20)19-12/h1-5,18H,6,17H2,(H,19,20). The quantitative estimate of drug-likeness (QED) is 0.745. The SMILES string of the molecule is Nc1cc2c(cc1Nc1cc(F)ccc1Cl)NC(=O)CO2. The van der Waals surface area contributed by atoms with Crippen molar-refractivity contribution in [1.29, 1.82) is 0 Å². The molecule has 1 amide bonds. The third-order valence-electron chi connectivity index (χ3n) is 2.98. The van der Waals surface area contributed by atoms with Gasteiger partial charge in [0, 0.05) is 6.07 Å². The fourth-order valence-corrected chi connectivity index (χ4v) is 2.15. The summed E-state index contributed by atoms with van der Waals surface area (Å²) < 4.78 is 18.5. The van der Waals surface area contributed by atoms with Gasteiger partial charge in [0.2, 0.25) is 0 Å². The molecule has 2 aromatic rings. The fourth-order valence-electron chi connectivity index (χ4n) is 1.99. The summed E-state index contributed by atoms with van der Waals surface area (Å²) in [5.74, 6) is -0.180. The number of hydrogen-bond acceptors (Lipinski definition) is 4. The van der Waals surface area contributed by atoms with E-state index in [0.717, 1.165) is 0 Å². The second kappa shape index (κ2) is 5.14. The highest BCUT2D eigenvalue weighted by Gasteiger charge is 2.18. The summed E-state index contributed by atoms with van der Waals surface area (Å²) in [5, 5.41) is 5.97. The van der Waals surface area contributed by atoms with Gasteiger partial charge < -0.3 is 21.1 Å². The van der Waals surface area contributed by atoms with Gasteiger partial charge in [0.15, 0.2) is 6.61 Å². The van der Waals surface area contributed by atoms with Crippen molar-refractivity contribution in [1.82, 2.24) is 0 Å². The van der Waals surface area contributed by atoms with E-state index < -0.39 is 5.82 Å². The number of ether oxygens (including phenoxy) is 1. The molecular weight excluding hydrogens is 297 g/mol. The van der Waals surface area contributed by atoms with Gasteiger partial charge in [0.1, 0.15) is 11.6 Å². The number of fused-ring (bicyclic) bond motifs is 1. The van der Waals surface area contributed by atoms with Crippen molar-refractivity contribution in [3.05, 3.63) is 41.2 Å². The van der Waals surface area contributed by atoms with Gasteiger partial charge in [-0.2, -0.15) is 0 Å². The minimum atomic E-state index is -0.421. The predicted octanol–water partition coefficient (Wildman–Crippen LogP) is 3.14. The van der Waals surface area contributed by atoms with Gasteiger partial charge in [-0.3, -0.25) is 4.79 Å². The first-order valence-corrected chi connectivity index (χ1v) is 6.49. The zero-order valence-corrected chi connectivity index (χ0v) is 11.5. The molecule has 0 fully saturated rings. The lowest BCUT2D eigenvalue weighted by atomic mass is 10.2. The maximum atomic E-state index is 13.3. The second-order valence-electron chi connectivity index (χ2n) is 4.52. The number of anilines is 4. The summed E-state index contributed by atoms with van der Waals surface area (Å²) in [4.78, 5) is 11.3. The largest absolute Gasteiger partial charge is 0.482 e. The Bertz CT molecular complexity index is 736. The van der Waals surface area contributed by atoms with Gasteiger partial charge in [0.05, 0.1) is 27.8 Å². The summed E-state index contributed by atoms with van der Waals surface area (Å²) in [6.07, 6.45) is 0. The van der Waals surface area contributed by atoms with Crippen LogP contribution in [0.15, 0.2) is 30.3 Å². The van der Waals surface area contributed by atoms with Crippen LogP contribution in [0.1, 0.15) is 0 Å². The van der Waals surface area contributed by atoms with E-state index in [1.165, 1.54) is 18.2 Å². The van der Waals surface area contributed by atoms with E-state index in [1.54, 1.807) is 12.1 Å². The highest BCUT2D eigenvalue weighted by molar-refractivity contribution is 6.33. The van der Waals surface area contributed by atoms with E-state index in [-0.39, 0.29) is 12.5 Å². The van der Waals surface area contributed by atoms with Crippen LogP contribution in [0.5, 0.6) is 5.75 Å². The van der Waals surface area contributed by atoms with Gasteiger partial charge in [0.25, 0.3) is 5.91 Å². The summed E-state index contributed by atoms with van der Waals surface area (Å²) in [6, 6.07) is 7.17. The molecule has 4 N–H and O–H groups in total. The summed E-state index contributed by atoms with van der Waals surface area (Å²) in [6.45, 7) is -0.0467. The zero-order valence-electron chi connectivity index (χ0n) is 10.7. The lowest BCUT2D eigenvalue weighted by Gasteiger charge is -2.20. The van der Waals surface area contributed by atoms with E-state index in [1.807, 2.05) is 0 Å². The Morgan fingerprint density at radius 1 is 1.29 bits per heavy atom. The topological polar surface area (TPSA) is 76.4 Å². The smallest absolute Gasteiger partial charge is 0.262 e. The average Bonchev–Trinajstić information content (AvgIpc) is 2.44. The molecule has 3 rings (SSSR count). The minimum absolute atomic E-state index is 0.0467. The van der Waals surface area contributed by atoms with Crippen LogP contribution in [0.2, 0.25) is 5.02 Å². The fraction of sp³-hybridized carbons (Fsp3) is 0.0714. The van der Waals surface area contributed by atoms with E-state index in [9.17, 15) is 9.18 Å². The maximum absolute atomic E-state index is 13.3. The Kier molecular flexibility index (Phi) is 3.31. The molecule has 0 spiro atoms. The number of halogens is 2. The summed E-state index contributed by atoms with van der Waals surface area (Å²) in [7, 11) is 0. The average molecular weight is 308 g/mol. The van der Waals surface area contributed by atoms with Crippen molar-refractivity contribution in [2.24, 2.45) is 0 Å². The third-order valence-corrected chi connectivity index (χ3v) is 3.31. The Morgan fingerprint density at radius 2 is 2.10 bits per heavy atom. The Labute approximate surface area is 124 Å². The molecule has 0 aromatic heterocycles. The molecule has 108 valence electrons. The van der Waals surface area contributed by atoms with Crippen LogP contribution in [0, 0.1) is 5.82 Å². The molecule has 21 heavy (non-hydrogen) atoms. The molecule has 1 aliphatic rings. The molecule has 0 unspecified atom stereocenters. The lowest BCUT2D eigenvalue weighted by Crippen LogP contribution is -2.25. The Balaban J connectivity index is 1.97. The first-order valence-electron chi connectivity index (χ1n) is 6.11. The van der Waals surface area contributed by atoms with Crippen LogP contribution in [-0.4, -0.2) is 12.5 Å². The van der Waals surface area contributed by atoms with Crippen molar-refractivity contribution in [2.45, 2.75) is 0 Å². The molecule has 0 atom stereocenters. The van der Waals surface area contributed by atoms with Crippen molar-refractivity contribution < 1.29 is 13.9 Å². The number of amides is 1. The van der Waals surface area contributed by atoms with Crippen LogP contribution in [-0.2, 0) is 4.79 Å². The van der Waals surface area contributed by atoms with Crippen molar-refractivity contribution in [3.63, 3.8) is 0 Å². The van der Waals surface area contributed by atoms with Crippen molar-refractivity contribution in [2.75, 3.05) is 23.0 Å². The molecule has 0 bridgehead atoms. The van der Waals surface area contributed by atoms with Crippen molar-refractivity contribution in [3.8, 4) is 5.75 Å². The predicted molar refractivity (Wildman–Crippen MR) is 79.7 cm³/mol. The second-order valence-corrected chi connectivity index (χ2v) is 4.93. The number of nitrogen functional groups attached to an aromatic ring is 1. The molecular formula is C14H11ClFN3O2. The van der Waals surface area contributed by atoms with E-state index in [4.69, 9.17) is 22.1 Å². The lowest BCUT2D eigenvalue weighted by molar-refractivity contribution is -0.118. The van der Waals surface area contributed by atoms with Crippen LogP contribution >= 0.6 is 11.6 Å². The van der Waals surface area contributed by atoms with Gasteiger partial charge in [-0.1, -0.05) is 11.6 Å². The van der Waals surface area contributed by atoms with Crippen LogP contribution < -0.4 is 21.1 Å². The summed E-state index contributed by atoms with van der Waals surface area (Å²) >= 11 is 6.00. The maximum Gasteiger partial charge on any atom is 0.262 e. The number of nitrogens with one attached hydrogen (secondary N) is 2. The number of hydrogen-bond donors (Lipinski definition) is 3. The van der Waals surface area contributed by atoms with Gasteiger partial charge in [-0.15, -0.1) is 0 Å². The number of rotatable bonds is 2. The molecule has 7 heteroatoms. The third kappa shape index (κ3) is 2.71. The minimum Gasteiger partial charge on any atom is -0.482 e. The number of carbonyl (C=O) groups excluding carboxylic acids is 1. The normalized spacial score (nSPS) is 13.1. The monoisotopic (exact) mass is 307 g/mol. The molecule has 1 aliphatic heterocycles. The molecule has 0 saturated carbocycles. The van der Waals surface area contributed by atoms with Crippen molar-refractivity contribution >= 4 is 40.3 Å². The molecule has 0 aliphatic carbocycles. The van der Waals surface area contributed by atoms with E-state index in [2.05, 4.69) is 10.6 Å². The number of nitrogens with two attached hydrogens (primary N) is 1. The van der Waals surface area contributed by atoms with E-state index in [0.29, 0.717) is 33.5 Å². The van der Waals surface area contributed by atoms with Gasteiger partial charge in [-0.25, -0.2) is 4.39 Å². The molecule has 5 nitrogen and oxygen atoms in total. The Morgan fingerprint density at radius 3 is 2.90 bits per heavy atom. The molecule has 0 radical (unpaired) electrons. The Hall–Kier alpha value is -2.47. The van der Waals surface area contributed by atoms with Gasteiger partial charge >= 0.3 is 0 Å². The van der Waals surface area contributed by atoms with E-state index >= 15 is 0 Å². The van der Waals surface area contributed by atoms with Crippen LogP contribution in [0.3, 0.4) is 0 Å². The highest BCUT2D eigenvalue weighted by Crippen LogP contribution is 2.37. The van der Waals surface area contributed by atoms with Gasteiger partial charge in [-0.05, 0) is 24.3 Å².